The number of fused-ring (bicyclic) bond motifs is 1. The Morgan fingerprint density at radius 1 is 1.37 bits per heavy atom. The third-order valence-corrected chi connectivity index (χ3v) is 3.06. The summed E-state index contributed by atoms with van der Waals surface area (Å²) in [6.07, 6.45) is 0.972. The van der Waals surface area contributed by atoms with Crippen LogP contribution in [0, 0.1) is 6.92 Å². The maximum atomic E-state index is 11.2. The standard InChI is InChI=1S/C15H18N2O2/c1-4-11-5-6-13-12(8-11)14(7-10(2)17-13)16-9-15(18)19-3/h5-8H,4,9H2,1-3H3,(H,16,17). The largest absolute Gasteiger partial charge is 0.468 e. The fourth-order valence-corrected chi connectivity index (χ4v) is 2.01. The predicted octanol–water partition coefficient (Wildman–Crippen LogP) is 2.69. The highest BCUT2D eigenvalue weighted by Crippen LogP contribution is 2.24. The Bertz CT molecular complexity index is 608. The second kappa shape index (κ2) is 5.69. The van der Waals surface area contributed by atoms with E-state index < -0.39 is 0 Å². The van der Waals surface area contributed by atoms with Crippen molar-refractivity contribution >= 4 is 22.6 Å². The number of hydrogen-bond acceptors (Lipinski definition) is 4. The predicted molar refractivity (Wildman–Crippen MR) is 76.4 cm³/mol. The van der Waals surface area contributed by atoms with Crippen molar-refractivity contribution in [2.45, 2.75) is 20.3 Å². The van der Waals surface area contributed by atoms with Crippen LogP contribution in [0.1, 0.15) is 18.2 Å². The molecule has 4 nitrogen and oxygen atoms in total. The minimum Gasteiger partial charge on any atom is -0.468 e. The Hall–Kier alpha value is -2.10. The summed E-state index contributed by atoms with van der Waals surface area (Å²) >= 11 is 0. The summed E-state index contributed by atoms with van der Waals surface area (Å²) in [6, 6.07) is 8.16. The molecule has 0 bridgehead atoms. The van der Waals surface area contributed by atoms with Crippen molar-refractivity contribution in [1.82, 2.24) is 4.98 Å². The average molecular weight is 258 g/mol. The third-order valence-electron chi connectivity index (χ3n) is 3.06. The van der Waals surface area contributed by atoms with E-state index in [0.717, 1.165) is 28.7 Å². The van der Waals surface area contributed by atoms with Gasteiger partial charge in [0.05, 0.1) is 12.6 Å². The number of aromatic nitrogens is 1. The van der Waals surface area contributed by atoms with Crippen molar-refractivity contribution in [1.29, 1.82) is 0 Å². The van der Waals surface area contributed by atoms with Crippen molar-refractivity contribution in [2.24, 2.45) is 0 Å². The van der Waals surface area contributed by atoms with Gasteiger partial charge in [-0.25, -0.2) is 0 Å². The van der Waals surface area contributed by atoms with Crippen molar-refractivity contribution in [3.63, 3.8) is 0 Å². The molecule has 0 aliphatic carbocycles. The first-order chi connectivity index (χ1) is 9.13. The number of esters is 1. The molecule has 0 radical (unpaired) electrons. The highest BCUT2D eigenvalue weighted by Gasteiger charge is 2.07. The highest BCUT2D eigenvalue weighted by atomic mass is 16.5. The van der Waals surface area contributed by atoms with E-state index >= 15 is 0 Å². The maximum Gasteiger partial charge on any atom is 0.325 e. The molecular formula is C15H18N2O2. The van der Waals surface area contributed by atoms with E-state index in [2.05, 4.69) is 34.1 Å². The molecule has 0 spiro atoms. The molecule has 0 aliphatic heterocycles. The van der Waals surface area contributed by atoms with Crippen LogP contribution in [0.2, 0.25) is 0 Å². The number of nitrogens with zero attached hydrogens (tertiary/aromatic N) is 1. The molecule has 0 atom stereocenters. The summed E-state index contributed by atoms with van der Waals surface area (Å²) in [4.78, 5) is 15.7. The minimum absolute atomic E-state index is 0.158. The molecule has 19 heavy (non-hydrogen) atoms. The topological polar surface area (TPSA) is 51.2 Å². The van der Waals surface area contributed by atoms with Crippen LogP contribution in [-0.4, -0.2) is 24.6 Å². The molecule has 0 aliphatic rings. The van der Waals surface area contributed by atoms with Crippen molar-refractivity contribution in [2.75, 3.05) is 19.0 Å². The Kier molecular flexibility index (Phi) is 4.00. The molecule has 1 heterocycles. The Morgan fingerprint density at radius 3 is 2.84 bits per heavy atom. The molecule has 0 saturated carbocycles. The number of carbonyl (C=O) groups is 1. The van der Waals surface area contributed by atoms with Gasteiger partial charge in [-0.05, 0) is 37.1 Å². The summed E-state index contributed by atoms with van der Waals surface area (Å²) in [5.74, 6) is -0.283. The van der Waals surface area contributed by atoms with E-state index in [4.69, 9.17) is 0 Å². The molecule has 1 N–H and O–H groups in total. The van der Waals surface area contributed by atoms with Gasteiger partial charge in [0.15, 0.2) is 0 Å². The van der Waals surface area contributed by atoms with Crippen LogP contribution in [-0.2, 0) is 16.0 Å². The van der Waals surface area contributed by atoms with Gasteiger partial charge in [0.2, 0.25) is 0 Å². The number of hydrogen-bond donors (Lipinski definition) is 1. The molecule has 4 heteroatoms. The number of pyridine rings is 1. The van der Waals surface area contributed by atoms with Crippen molar-refractivity contribution in [3.8, 4) is 0 Å². The van der Waals surface area contributed by atoms with Gasteiger partial charge in [0, 0.05) is 16.8 Å². The van der Waals surface area contributed by atoms with Crippen LogP contribution in [0.15, 0.2) is 24.3 Å². The number of methoxy groups -OCH3 is 1. The summed E-state index contributed by atoms with van der Waals surface area (Å²) in [5.41, 5.74) is 4.02. The molecule has 1 aromatic heterocycles. The summed E-state index contributed by atoms with van der Waals surface area (Å²) in [5, 5.41) is 4.15. The lowest BCUT2D eigenvalue weighted by molar-refractivity contribution is -0.138. The average Bonchev–Trinajstić information content (AvgIpc) is 2.43. The molecule has 2 aromatic rings. The lowest BCUT2D eigenvalue weighted by Crippen LogP contribution is -2.15. The first kappa shape index (κ1) is 13.3. The van der Waals surface area contributed by atoms with Crippen LogP contribution in [0.5, 0.6) is 0 Å². The highest BCUT2D eigenvalue weighted by molar-refractivity contribution is 5.93. The molecule has 2 rings (SSSR count). The molecule has 1 aromatic carbocycles. The van der Waals surface area contributed by atoms with Crippen molar-refractivity contribution < 1.29 is 9.53 Å². The third kappa shape index (κ3) is 3.02. The quantitative estimate of drug-likeness (QED) is 0.857. The second-order valence-electron chi connectivity index (χ2n) is 4.45. The van der Waals surface area contributed by atoms with E-state index in [1.807, 2.05) is 19.1 Å². The van der Waals surface area contributed by atoms with Gasteiger partial charge in [0.1, 0.15) is 6.54 Å². The SMILES string of the molecule is CCc1ccc2nc(C)cc(NCC(=O)OC)c2c1. The number of carbonyl (C=O) groups excluding carboxylic acids is 1. The summed E-state index contributed by atoms with van der Waals surface area (Å²) < 4.78 is 4.64. The smallest absolute Gasteiger partial charge is 0.325 e. The van der Waals surface area contributed by atoms with E-state index in [1.54, 1.807) is 0 Å². The van der Waals surface area contributed by atoms with E-state index in [9.17, 15) is 4.79 Å². The Balaban J connectivity index is 2.42. The Labute approximate surface area is 112 Å². The molecule has 100 valence electrons. The van der Waals surface area contributed by atoms with Gasteiger partial charge in [-0.2, -0.15) is 0 Å². The van der Waals surface area contributed by atoms with Crippen LogP contribution < -0.4 is 5.32 Å². The van der Waals surface area contributed by atoms with E-state index in [-0.39, 0.29) is 12.5 Å². The number of ether oxygens (including phenoxy) is 1. The lowest BCUT2D eigenvalue weighted by atomic mass is 10.1. The van der Waals surface area contributed by atoms with Gasteiger partial charge >= 0.3 is 5.97 Å². The number of anilines is 1. The van der Waals surface area contributed by atoms with Crippen LogP contribution in [0.3, 0.4) is 0 Å². The molecule has 0 fully saturated rings. The number of aryl methyl sites for hydroxylation is 2. The van der Waals surface area contributed by atoms with Gasteiger partial charge in [-0.15, -0.1) is 0 Å². The summed E-state index contributed by atoms with van der Waals surface area (Å²) in [6.45, 7) is 4.21. The van der Waals surface area contributed by atoms with Gasteiger partial charge in [-0.3, -0.25) is 9.78 Å². The molecular weight excluding hydrogens is 240 g/mol. The zero-order valence-corrected chi connectivity index (χ0v) is 11.5. The number of benzene rings is 1. The monoisotopic (exact) mass is 258 g/mol. The fourth-order valence-electron chi connectivity index (χ4n) is 2.01. The normalized spacial score (nSPS) is 10.5. The van der Waals surface area contributed by atoms with Gasteiger partial charge in [-0.1, -0.05) is 13.0 Å². The zero-order valence-electron chi connectivity index (χ0n) is 11.5. The summed E-state index contributed by atoms with van der Waals surface area (Å²) in [7, 11) is 1.38. The molecule has 0 amide bonds. The van der Waals surface area contributed by atoms with Crippen LogP contribution >= 0.6 is 0 Å². The zero-order chi connectivity index (χ0) is 13.8. The second-order valence-corrected chi connectivity index (χ2v) is 4.45. The van der Waals surface area contributed by atoms with Crippen LogP contribution in [0.4, 0.5) is 5.69 Å². The lowest BCUT2D eigenvalue weighted by Gasteiger charge is -2.11. The molecule has 0 unspecified atom stereocenters. The first-order valence-corrected chi connectivity index (χ1v) is 6.35. The van der Waals surface area contributed by atoms with Crippen molar-refractivity contribution in [3.05, 3.63) is 35.5 Å². The van der Waals surface area contributed by atoms with E-state index in [0.29, 0.717) is 0 Å². The van der Waals surface area contributed by atoms with Crippen LogP contribution in [0.25, 0.3) is 10.9 Å². The van der Waals surface area contributed by atoms with Gasteiger partial charge in [0.25, 0.3) is 0 Å². The minimum atomic E-state index is -0.283. The number of rotatable bonds is 4. The van der Waals surface area contributed by atoms with E-state index in [1.165, 1.54) is 12.7 Å². The fraction of sp³-hybridized carbons (Fsp3) is 0.333. The maximum absolute atomic E-state index is 11.2. The Morgan fingerprint density at radius 2 is 2.16 bits per heavy atom. The molecule has 0 saturated heterocycles. The van der Waals surface area contributed by atoms with Gasteiger partial charge < -0.3 is 10.1 Å². The number of nitrogens with one attached hydrogen (secondary N) is 1. The first-order valence-electron chi connectivity index (χ1n) is 6.35.